The van der Waals surface area contributed by atoms with E-state index in [0.717, 1.165) is 31.0 Å². The summed E-state index contributed by atoms with van der Waals surface area (Å²) in [5.41, 5.74) is 1.40. The first-order valence-electron chi connectivity index (χ1n) is 15.4. The lowest BCUT2D eigenvalue weighted by Gasteiger charge is -2.38. The van der Waals surface area contributed by atoms with Crippen molar-refractivity contribution in [3.05, 3.63) is 94.8 Å². The van der Waals surface area contributed by atoms with Crippen molar-refractivity contribution in [2.75, 3.05) is 32.7 Å². The lowest BCUT2D eigenvalue weighted by molar-refractivity contribution is 0.0600. The van der Waals surface area contributed by atoms with Gasteiger partial charge in [-0.15, -0.1) is 0 Å². The standard InChI is InChI=1S/C33H41F2N5O5S/c1-4-11-39(12-5-2)33(43)25-15-22(3)14-24(19-25)32(42)38-29(18-23-16-26(34)20-27(35)17-23)31(41)30-21-40(13-10-37-30)46(44,45)28-6-8-36-9-7-28/h6-9,14-17,19-20,29-31,37,41H,4-5,10-13,18,21H2,1-3H3,(H,38,42)/t29-,30+,31-/m0/s1. The Bertz CT molecular complexity index is 1600. The maximum atomic E-state index is 14.1. The fourth-order valence-electron chi connectivity index (χ4n) is 5.70. The topological polar surface area (TPSA) is 132 Å². The summed E-state index contributed by atoms with van der Waals surface area (Å²) in [5.74, 6) is -2.43. The number of sulfonamides is 1. The third-order valence-corrected chi connectivity index (χ3v) is 9.71. The van der Waals surface area contributed by atoms with Crippen molar-refractivity contribution in [3.8, 4) is 0 Å². The number of piperazine rings is 1. The van der Waals surface area contributed by atoms with Gasteiger partial charge in [-0.3, -0.25) is 14.6 Å². The highest BCUT2D eigenvalue weighted by Gasteiger charge is 2.37. The number of carbonyl (C=O) groups excluding carboxylic acids is 2. The minimum absolute atomic E-state index is 0.0546. The van der Waals surface area contributed by atoms with Crippen molar-refractivity contribution >= 4 is 21.8 Å². The largest absolute Gasteiger partial charge is 0.389 e. The Balaban J connectivity index is 1.61. The minimum atomic E-state index is -3.90. The van der Waals surface area contributed by atoms with Crippen molar-refractivity contribution in [1.82, 2.24) is 24.8 Å². The van der Waals surface area contributed by atoms with Crippen LogP contribution in [0.4, 0.5) is 8.78 Å². The van der Waals surface area contributed by atoms with Crippen LogP contribution in [0.5, 0.6) is 0 Å². The lowest BCUT2D eigenvalue weighted by Crippen LogP contribution is -2.62. The smallest absolute Gasteiger partial charge is 0.253 e. The van der Waals surface area contributed by atoms with E-state index in [1.165, 1.54) is 34.9 Å². The van der Waals surface area contributed by atoms with Gasteiger partial charge in [-0.05, 0) is 79.8 Å². The van der Waals surface area contributed by atoms with E-state index in [-0.39, 0.29) is 48.0 Å². The third-order valence-electron chi connectivity index (χ3n) is 7.84. The number of hydrogen-bond acceptors (Lipinski definition) is 7. The van der Waals surface area contributed by atoms with E-state index < -0.39 is 45.8 Å². The maximum Gasteiger partial charge on any atom is 0.253 e. The second-order valence-corrected chi connectivity index (χ2v) is 13.5. The average Bonchev–Trinajstić information content (AvgIpc) is 3.03. The minimum Gasteiger partial charge on any atom is -0.389 e. The van der Waals surface area contributed by atoms with Crippen molar-refractivity contribution in [1.29, 1.82) is 0 Å². The average molecular weight is 658 g/mol. The number of aliphatic hydroxyl groups excluding tert-OH is 1. The summed E-state index contributed by atoms with van der Waals surface area (Å²) in [6.07, 6.45) is 2.78. The predicted octanol–water partition coefficient (Wildman–Crippen LogP) is 3.30. The highest BCUT2D eigenvalue weighted by Crippen LogP contribution is 2.21. The van der Waals surface area contributed by atoms with Crippen LogP contribution in [0.3, 0.4) is 0 Å². The van der Waals surface area contributed by atoms with Gasteiger partial charge in [0.2, 0.25) is 10.0 Å². The number of rotatable bonds is 13. The molecule has 4 rings (SSSR count). The van der Waals surface area contributed by atoms with Crippen LogP contribution < -0.4 is 10.6 Å². The molecule has 248 valence electrons. The first-order chi connectivity index (χ1) is 21.9. The Kier molecular flexibility index (Phi) is 12.0. The number of aliphatic hydroxyl groups is 1. The van der Waals surface area contributed by atoms with Crippen LogP contribution in [-0.2, 0) is 16.4 Å². The summed E-state index contributed by atoms with van der Waals surface area (Å²) in [6.45, 7) is 7.12. The summed E-state index contributed by atoms with van der Waals surface area (Å²) in [6, 6.07) is 8.62. The first kappa shape index (κ1) is 35.1. The van der Waals surface area contributed by atoms with Crippen LogP contribution in [0, 0.1) is 18.6 Å². The molecule has 10 nitrogen and oxygen atoms in total. The summed E-state index contributed by atoms with van der Waals surface area (Å²) >= 11 is 0. The van der Waals surface area contributed by atoms with Crippen LogP contribution >= 0.6 is 0 Å². The van der Waals surface area contributed by atoms with E-state index in [2.05, 4.69) is 15.6 Å². The molecule has 2 heterocycles. The van der Waals surface area contributed by atoms with Gasteiger partial charge in [-0.2, -0.15) is 4.31 Å². The molecule has 3 atom stereocenters. The molecule has 3 aromatic rings. The van der Waals surface area contributed by atoms with Crippen LogP contribution in [0.25, 0.3) is 0 Å². The molecule has 46 heavy (non-hydrogen) atoms. The van der Waals surface area contributed by atoms with Gasteiger partial charge < -0.3 is 20.6 Å². The molecular formula is C33H41F2N5O5S. The normalized spacial score (nSPS) is 16.9. The Morgan fingerprint density at radius 3 is 2.30 bits per heavy atom. The van der Waals surface area contributed by atoms with Gasteiger partial charge in [-0.1, -0.05) is 13.8 Å². The first-order valence-corrected chi connectivity index (χ1v) is 16.8. The van der Waals surface area contributed by atoms with E-state index in [0.29, 0.717) is 24.2 Å². The molecule has 1 saturated heterocycles. The molecule has 13 heteroatoms. The SMILES string of the molecule is CCCN(CCC)C(=O)c1cc(C)cc(C(=O)N[C@@H](Cc2cc(F)cc(F)c2)[C@H](O)[C@H]2CN(S(=O)(=O)c3ccncc3)CCN2)c1. The molecule has 2 aromatic carbocycles. The number of benzene rings is 2. The Labute approximate surface area is 268 Å². The maximum absolute atomic E-state index is 14.1. The van der Waals surface area contributed by atoms with E-state index >= 15 is 0 Å². The molecule has 1 aliphatic heterocycles. The molecule has 0 aliphatic carbocycles. The van der Waals surface area contributed by atoms with Gasteiger partial charge in [0.05, 0.1) is 17.0 Å². The number of halogens is 2. The number of carbonyl (C=O) groups is 2. The number of hydrogen-bond donors (Lipinski definition) is 3. The third kappa shape index (κ3) is 8.72. The highest BCUT2D eigenvalue weighted by atomic mass is 32.2. The fraction of sp³-hybridized carbons (Fsp3) is 0.424. The van der Waals surface area contributed by atoms with Gasteiger partial charge >= 0.3 is 0 Å². The number of pyridine rings is 1. The number of nitrogens with zero attached hydrogens (tertiary/aromatic N) is 3. The van der Waals surface area contributed by atoms with E-state index in [1.807, 2.05) is 13.8 Å². The molecule has 0 spiro atoms. The van der Waals surface area contributed by atoms with E-state index in [1.54, 1.807) is 24.0 Å². The number of aromatic nitrogens is 1. The summed E-state index contributed by atoms with van der Waals surface area (Å²) in [4.78, 5) is 32.7. The van der Waals surface area contributed by atoms with Gasteiger partial charge in [0.15, 0.2) is 0 Å². The second kappa shape index (κ2) is 15.7. The van der Waals surface area contributed by atoms with Crippen molar-refractivity contribution < 1.29 is 31.9 Å². The summed E-state index contributed by atoms with van der Waals surface area (Å²) in [5, 5.41) is 17.5. The zero-order valence-corrected chi connectivity index (χ0v) is 27.1. The molecule has 0 bridgehead atoms. The number of aryl methyl sites for hydroxylation is 1. The van der Waals surface area contributed by atoms with Gasteiger partial charge in [0.25, 0.3) is 11.8 Å². The lowest BCUT2D eigenvalue weighted by atomic mass is 9.94. The van der Waals surface area contributed by atoms with Crippen molar-refractivity contribution in [2.45, 2.75) is 63.1 Å². The zero-order valence-electron chi connectivity index (χ0n) is 26.2. The summed E-state index contributed by atoms with van der Waals surface area (Å²) in [7, 11) is -3.90. The molecule has 1 aromatic heterocycles. The summed E-state index contributed by atoms with van der Waals surface area (Å²) < 4.78 is 56.1. The van der Waals surface area contributed by atoms with Gasteiger partial charge in [0.1, 0.15) is 11.6 Å². The second-order valence-electron chi connectivity index (χ2n) is 11.5. The van der Waals surface area contributed by atoms with Gasteiger partial charge in [-0.25, -0.2) is 17.2 Å². The van der Waals surface area contributed by atoms with Crippen LogP contribution in [0.1, 0.15) is 58.5 Å². The molecule has 0 radical (unpaired) electrons. The zero-order chi connectivity index (χ0) is 33.4. The van der Waals surface area contributed by atoms with E-state index in [4.69, 9.17) is 0 Å². The highest BCUT2D eigenvalue weighted by molar-refractivity contribution is 7.89. The monoisotopic (exact) mass is 657 g/mol. The number of amides is 2. The van der Waals surface area contributed by atoms with Crippen LogP contribution in [0.15, 0.2) is 65.8 Å². The molecule has 1 fully saturated rings. The molecule has 0 saturated carbocycles. The van der Waals surface area contributed by atoms with Crippen LogP contribution in [0.2, 0.25) is 0 Å². The Morgan fingerprint density at radius 2 is 1.67 bits per heavy atom. The molecule has 1 aliphatic rings. The Hall–Kier alpha value is -3.78. The Morgan fingerprint density at radius 1 is 1.04 bits per heavy atom. The molecule has 0 unspecified atom stereocenters. The quantitative estimate of drug-likeness (QED) is 0.257. The van der Waals surface area contributed by atoms with Gasteiger partial charge in [0, 0.05) is 68.4 Å². The van der Waals surface area contributed by atoms with Crippen molar-refractivity contribution in [3.63, 3.8) is 0 Å². The predicted molar refractivity (Wildman–Crippen MR) is 170 cm³/mol. The molecule has 3 N–H and O–H groups in total. The van der Waals surface area contributed by atoms with E-state index in [9.17, 15) is 31.9 Å². The fourth-order valence-corrected chi connectivity index (χ4v) is 7.16. The molecule has 2 amide bonds. The van der Waals surface area contributed by atoms with Crippen molar-refractivity contribution in [2.24, 2.45) is 0 Å². The van der Waals surface area contributed by atoms with Crippen LogP contribution in [-0.4, -0.2) is 90.4 Å². The molecular weight excluding hydrogens is 616 g/mol. The number of nitrogens with one attached hydrogen (secondary N) is 2.